The van der Waals surface area contributed by atoms with Gasteiger partial charge in [-0.3, -0.25) is 0 Å². The largest absolute Gasteiger partial charge is 0.120 e. The SMILES string of the molecule is C#CC1(C2CCC(C)(C)CC2)CC1. The van der Waals surface area contributed by atoms with Gasteiger partial charge in [0, 0.05) is 5.41 Å². The molecule has 0 aromatic carbocycles. The van der Waals surface area contributed by atoms with Gasteiger partial charge >= 0.3 is 0 Å². The second-order valence-corrected chi connectivity index (χ2v) is 5.74. The summed E-state index contributed by atoms with van der Waals surface area (Å²) in [6.45, 7) is 4.78. The quantitative estimate of drug-likeness (QED) is 0.535. The van der Waals surface area contributed by atoms with Crippen LogP contribution in [0.25, 0.3) is 0 Å². The Morgan fingerprint density at radius 1 is 1.08 bits per heavy atom. The Morgan fingerprint density at radius 3 is 2.00 bits per heavy atom. The molecule has 0 nitrogen and oxygen atoms in total. The van der Waals surface area contributed by atoms with Crippen LogP contribution in [0.15, 0.2) is 0 Å². The van der Waals surface area contributed by atoms with Crippen molar-refractivity contribution in [2.75, 3.05) is 0 Å². The van der Waals surface area contributed by atoms with Gasteiger partial charge in [0.2, 0.25) is 0 Å². The van der Waals surface area contributed by atoms with Crippen molar-refractivity contribution in [3.05, 3.63) is 0 Å². The topological polar surface area (TPSA) is 0 Å². The number of terminal acetylenes is 1. The lowest BCUT2D eigenvalue weighted by atomic mass is 9.68. The molecule has 0 heterocycles. The Hall–Kier alpha value is -0.440. The third kappa shape index (κ3) is 1.62. The van der Waals surface area contributed by atoms with Gasteiger partial charge < -0.3 is 0 Å². The highest BCUT2D eigenvalue weighted by Crippen LogP contribution is 2.57. The van der Waals surface area contributed by atoms with Crippen molar-refractivity contribution in [3.8, 4) is 12.3 Å². The molecule has 2 rings (SSSR count). The van der Waals surface area contributed by atoms with Gasteiger partial charge in [0.15, 0.2) is 0 Å². The number of rotatable bonds is 1. The van der Waals surface area contributed by atoms with Gasteiger partial charge in [-0.25, -0.2) is 0 Å². The summed E-state index contributed by atoms with van der Waals surface area (Å²) >= 11 is 0. The van der Waals surface area contributed by atoms with Gasteiger partial charge in [0.1, 0.15) is 0 Å². The van der Waals surface area contributed by atoms with Gasteiger partial charge in [0.05, 0.1) is 0 Å². The predicted octanol–water partition coefficient (Wildman–Crippen LogP) is 3.62. The first kappa shape index (κ1) is 9.13. The van der Waals surface area contributed by atoms with Crippen LogP contribution in [0.5, 0.6) is 0 Å². The average molecular weight is 176 g/mol. The first-order chi connectivity index (χ1) is 6.08. The summed E-state index contributed by atoms with van der Waals surface area (Å²) in [5, 5.41) is 0. The molecule has 2 aliphatic carbocycles. The van der Waals surface area contributed by atoms with Crippen LogP contribution in [0.4, 0.5) is 0 Å². The molecule has 0 saturated heterocycles. The molecule has 2 aliphatic rings. The molecule has 0 aromatic heterocycles. The molecule has 0 radical (unpaired) electrons. The maximum atomic E-state index is 5.62. The van der Waals surface area contributed by atoms with Crippen LogP contribution in [-0.2, 0) is 0 Å². The zero-order chi connectivity index (χ0) is 9.53. The van der Waals surface area contributed by atoms with Gasteiger partial charge in [-0.1, -0.05) is 19.8 Å². The number of hydrogen-bond donors (Lipinski definition) is 0. The molecule has 0 aromatic rings. The standard InChI is InChI=1S/C13H20/c1-4-13(9-10-13)11-5-7-12(2,3)8-6-11/h1,11H,5-10H2,2-3H3. The molecule has 0 unspecified atom stereocenters. The van der Waals surface area contributed by atoms with Crippen LogP contribution < -0.4 is 0 Å². The van der Waals surface area contributed by atoms with Crippen LogP contribution in [0.2, 0.25) is 0 Å². The van der Waals surface area contributed by atoms with Crippen molar-refractivity contribution >= 4 is 0 Å². The highest BCUT2D eigenvalue weighted by atomic mass is 14.5. The fourth-order valence-corrected chi connectivity index (χ4v) is 2.76. The highest BCUT2D eigenvalue weighted by molar-refractivity contribution is 5.18. The first-order valence-corrected chi connectivity index (χ1v) is 5.56. The van der Waals surface area contributed by atoms with Gasteiger partial charge in [-0.2, -0.15) is 0 Å². The van der Waals surface area contributed by atoms with E-state index in [0.29, 0.717) is 10.8 Å². The minimum atomic E-state index is 0.358. The molecule has 0 amide bonds. The normalized spacial score (nSPS) is 30.8. The summed E-state index contributed by atoms with van der Waals surface area (Å²) in [6.07, 6.45) is 13.7. The van der Waals surface area contributed by atoms with E-state index in [2.05, 4.69) is 19.8 Å². The molecule has 0 N–H and O–H groups in total. The zero-order valence-corrected chi connectivity index (χ0v) is 8.90. The smallest absolute Gasteiger partial charge is 0.0341 e. The molecule has 2 saturated carbocycles. The first-order valence-electron chi connectivity index (χ1n) is 5.56. The van der Waals surface area contributed by atoms with Gasteiger partial charge in [-0.15, -0.1) is 6.42 Å². The molecule has 0 spiro atoms. The molecule has 0 aliphatic heterocycles. The lowest BCUT2D eigenvalue weighted by Crippen LogP contribution is -2.26. The van der Waals surface area contributed by atoms with E-state index < -0.39 is 0 Å². The van der Waals surface area contributed by atoms with Crippen molar-refractivity contribution in [1.82, 2.24) is 0 Å². The Morgan fingerprint density at radius 2 is 1.62 bits per heavy atom. The Kier molecular flexibility index (Phi) is 1.95. The minimum absolute atomic E-state index is 0.358. The number of hydrogen-bond acceptors (Lipinski definition) is 0. The lowest BCUT2D eigenvalue weighted by molar-refractivity contribution is 0.159. The maximum Gasteiger partial charge on any atom is 0.0341 e. The monoisotopic (exact) mass is 176 g/mol. The van der Waals surface area contributed by atoms with E-state index >= 15 is 0 Å². The summed E-state index contributed by atoms with van der Waals surface area (Å²) in [6, 6.07) is 0. The van der Waals surface area contributed by atoms with Crippen LogP contribution in [0.3, 0.4) is 0 Å². The van der Waals surface area contributed by atoms with Crippen LogP contribution in [0.1, 0.15) is 52.4 Å². The molecule has 13 heavy (non-hydrogen) atoms. The van der Waals surface area contributed by atoms with E-state index in [-0.39, 0.29) is 0 Å². The van der Waals surface area contributed by atoms with E-state index in [0.717, 1.165) is 5.92 Å². The van der Waals surface area contributed by atoms with Crippen molar-refractivity contribution in [1.29, 1.82) is 0 Å². The molecular formula is C13H20. The van der Waals surface area contributed by atoms with E-state index in [1.165, 1.54) is 38.5 Å². The van der Waals surface area contributed by atoms with E-state index in [4.69, 9.17) is 6.42 Å². The minimum Gasteiger partial charge on any atom is -0.120 e. The third-order valence-corrected chi connectivity index (χ3v) is 4.20. The fraction of sp³-hybridized carbons (Fsp3) is 0.846. The Bertz CT molecular complexity index is 227. The maximum absolute atomic E-state index is 5.62. The van der Waals surface area contributed by atoms with Crippen LogP contribution >= 0.6 is 0 Å². The summed E-state index contributed by atoms with van der Waals surface area (Å²) in [5.41, 5.74) is 0.942. The lowest BCUT2D eigenvalue weighted by Gasteiger charge is -2.36. The second kappa shape index (κ2) is 2.77. The molecular weight excluding hydrogens is 156 g/mol. The molecule has 0 heteroatoms. The summed E-state index contributed by atoms with van der Waals surface area (Å²) in [5.74, 6) is 3.90. The fourth-order valence-electron chi connectivity index (χ4n) is 2.76. The summed E-state index contributed by atoms with van der Waals surface area (Å²) in [4.78, 5) is 0. The predicted molar refractivity (Wildman–Crippen MR) is 56.2 cm³/mol. The molecule has 0 bridgehead atoms. The third-order valence-electron chi connectivity index (χ3n) is 4.20. The molecule has 72 valence electrons. The van der Waals surface area contributed by atoms with Crippen LogP contribution in [-0.4, -0.2) is 0 Å². The van der Waals surface area contributed by atoms with E-state index in [1.54, 1.807) is 0 Å². The van der Waals surface area contributed by atoms with Crippen molar-refractivity contribution < 1.29 is 0 Å². The Balaban J connectivity index is 1.96. The molecule has 0 atom stereocenters. The van der Waals surface area contributed by atoms with E-state index in [9.17, 15) is 0 Å². The van der Waals surface area contributed by atoms with Crippen molar-refractivity contribution in [2.24, 2.45) is 16.7 Å². The molecule has 2 fully saturated rings. The van der Waals surface area contributed by atoms with Gasteiger partial charge in [0.25, 0.3) is 0 Å². The summed E-state index contributed by atoms with van der Waals surface area (Å²) in [7, 11) is 0. The zero-order valence-electron chi connectivity index (χ0n) is 8.90. The van der Waals surface area contributed by atoms with Crippen LogP contribution in [0, 0.1) is 29.1 Å². The average Bonchev–Trinajstić information content (AvgIpc) is 2.85. The Labute approximate surface area is 82.1 Å². The second-order valence-electron chi connectivity index (χ2n) is 5.74. The highest BCUT2D eigenvalue weighted by Gasteiger charge is 2.49. The van der Waals surface area contributed by atoms with Gasteiger partial charge in [-0.05, 0) is 49.9 Å². The van der Waals surface area contributed by atoms with E-state index in [1.807, 2.05) is 0 Å². The van der Waals surface area contributed by atoms with Crippen molar-refractivity contribution in [2.45, 2.75) is 52.4 Å². The van der Waals surface area contributed by atoms with Crippen molar-refractivity contribution in [3.63, 3.8) is 0 Å². The summed E-state index contributed by atoms with van der Waals surface area (Å²) < 4.78 is 0.